The molecular weight excluding hydrogens is 767 g/mol. The number of hydrogen-bond acceptors (Lipinski definition) is 9. The quantitative estimate of drug-likeness (QED) is 0.0234. The number of ether oxygens (including phenoxy) is 2. The molecule has 0 bridgehead atoms. The number of phosphoric acid groups is 1. The van der Waals surface area contributed by atoms with Crippen LogP contribution >= 0.6 is 7.82 Å². The molecule has 0 aliphatic carbocycles. The van der Waals surface area contributed by atoms with Crippen LogP contribution in [-0.2, 0) is 32.7 Å². The van der Waals surface area contributed by atoms with Gasteiger partial charge in [0.15, 0.2) is 6.10 Å². The average Bonchev–Trinajstić information content (AvgIpc) is 3.22. The van der Waals surface area contributed by atoms with E-state index in [1.54, 1.807) is 0 Å². The monoisotopic (exact) mass is 857 g/mol. The van der Waals surface area contributed by atoms with E-state index in [9.17, 15) is 24.2 Å². The Bertz CT molecular complexity index is 1080. The lowest BCUT2D eigenvalue weighted by molar-refractivity contribution is -0.161. The molecule has 0 aromatic rings. The molecule has 0 saturated carbocycles. The maximum Gasteiger partial charge on any atom is 0.472 e. The van der Waals surface area contributed by atoms with Gasteiger partial charge in [-0.1, -0.05) is 172 Å². The minimum Gasteiger partial charge on any atom is -0.462 e. The molecule has 0 aromatic carbocycles. The van der Waals surface area contributed by atoms with E-state index >= 15 is 0 Å². The fraction of sp³-hybridized carbons (Fsp3) is 0.833. The van der Waals surface area contributed by atoms with Crippen LogP contribution in [0.1, 0.15) is 219 Å². The summed E-state index contributed by atoms with van der Waals surface area (Å²) in [5.74, 6) is -0.933. The van der Waals surface area contributed by atoms with Crippen LogP contribution in [0.15, 0.2) is 36.5 Å². The Kier molecular flexibility index (Phi) is 42.9. The molecule has 0 radical (unpaired) electrons. The van der Waals surface area contributed by atoms with E-state index < -0.39 is 51.8 Å². The summed E-state index contributed by atoms with van der Waals surface area (Å²) in [4.78, 5) is 35.1. The predicted octanol–water partition coefficient (Wildman–Crippen LogP) is 13.1. The van der Waals surface area contributed by atoms with Gasteiger partial charge in [0.1, 0.15) is 12.7 Å². The standard InChI is InChI=1S/C48H89O10P/c1-3-5-7-9-11-13-15-17-19-21-23-25-27-29-31-33-35-37-39-47(51)55-43-46(44-57-59(53,54)56-42-45(50)41-49)58-48(52)40-38-36-34-32-30-28-26-24-22-20-18-16-14-12-10-8-6-4-2/h14,16,19-22,45-46,49-50H,3-13,15,17-18,23-44H2,1-2H3,(H,53,54)/b16-14-,21-19-,22-20-. The number of rotatable bonds is 45. The highest BCUT2D eigenvalue weighted by molar-refractivity contribution is 7.47. The molecule has 346 valence electrons. The van der Waals surface area contributed by atoms with Gasteiger partial charge < -0.3 is 24.6 Å². The van der Waals surface area contributed by atoms with Crippen LogP contribution in [0.5, 0.6) is 0 Å². The molecule has 0 spiro atoms. The van der Waals surface area contributed by atoms with Crippen molar-refractivity contribution in [3.63, 3.8) is 0 Å². The molecule has 3 unspecified atom stereocenters. The van der Waals surface area contributed by atoms with E-state index in [0.717, 1.165) is 64.2 Å². The first kappa shape index (κ1) is 57.2. The normalized spacial score (nSPS) is 14.1. The zero-order chi connectivity index (χ0) is 43.3. The van der Waals surface area contributed by atoms with Crippen molar-refractivity contribution in [1.82, 2.24) is 0 Å². The fourth-order valence-corrected chi connectivity index (χ4v) is 7.34. The van der Waals surface area contributed by atoms with E-state index in [0.29, 0.717) is 12.8 Å². The van der Waals surface area contributed by atoms with Crippen molar-refractivity contribution in [1.29, 1.82) is 0 Å². The molecule has 0 aliphatic heterocycles. The Morgan fingerprint density at radius 2 is 0.881 bits per heavy atom. The van der Waals surface area contributed by atoms with Gasteiger partial charge in [-0.2, -0.15) is 0 Å². The van der Waals surface area contributed by atoms with Gasteiger partial charge in [-0.05, 0) is 70.6 Å². The zero-order valence-corrected chi connectivity index (χ0v) is 38.6. The molecule has 0 heterocycles. The van der Waals surface area contributed by atoms with Gasteiger partial charge in [0, 0.05) is 12.8 Å². The minimum absolute atomic E-state index is 0.175. The molecule has 0 rings (SSSR count). The van der Waals surface area contributed by atoms with Crippen molar-refractivity contribution >= 4 is 19.8 Å². The third kappa shape index (κ3) is 44.1. The topological polar surface area (TPSA) is 149 Å². The first-order valence-electron chi connectivity index (χ1n) is 23.9. The van der Waals surface area contributed by atoms with Crippen molar-refractivity contribution < 1.29 is 47.8 Å². The summed E-state index contributed by atoms with van der Waals surface area (Å²) in [5.41, 5.74) is 0. The molecular formula is C48H89O10P. The van der Waals surface area contributed by atoms with Gasteiger partial charge in [-0.15, -0.1) is 0 Å². The Morgan fingerprint density at radius 3 is 1.34 bits per heavy atom. The Hall–Kier alpha value is -1.81. The van der Waals surface area contributed by atoms with Crippen molar-refractivity contribution in [2.75, 3.05) is 26.4 Å². The van der Waals surface area contributed by atoms with Gasteiger partial charge in [0.25, 0.3) is 0 Å². The Labute approximate surface area is 361 Å². The number of phosphoric ester groups is 1. The molecule has 59 heavy (non-hydrogen) atoms. The summed E-state index contributed by atoms with van der Waals surface area (Å²) in [6, 6.07) is 0. The second-order valence-electron chi connectivity index (χ2n) is 16.1. The van der Waals surface area contributed by atoms with Gasteiger partial charge in [-0.25, -0.2) is 4.57 Å². The first-order valence-corrected chi connectivity index (χ1v) is 25.4. The zero-order valence-electron chi connectivity index (χ0n) is 37.7. The molecule has 0 fully saturated rings. The number of esters is 2. The lowest BCUT2D eigenvalue weighted by Crippen LogP contribution is -2.29. The maximum atomic E-state index is 12.6. The number of hydrogen-bond donors (Lipinski definition) is 3. The van der Waals surface area contributed by atoms with E-state index in [2.05, 4.69) is 50.3 Å². The molecule has 3 atom stereocenters. The minimum atomic E-state index is -4.62. The van der Waals surface area contributed by atoms with Crippen LogP contribution in [0, 0.1) is 0 Å². The highest BCUT2D eigenvalue weighted by Crippen LogP contribution is 2.43. The fourth-order valence-electron chi connectivity index (χ4n) is 6.55. The highest BCUT2D eigenvalue weighted by atomic mass is 31.2. The summed E-state index contributed by atoms with van der Waals surface area (Å²) in [5, 5.41) is 18.4. The van der Waals surface area contributed by atoms with E-state index in [1.807, 2.05) is 0 Å². The maximum absolute atomic E-state index is 12.6. The van der Waals surface area contributed by atoms with Gasteiger partial charge >= 0.3 is 19.8 Å². The lowest BCUT2D eigenvalue weighted by atomic mass is 10.1. The van der Waals surface area contributed by atoms with Crippen LogP contribution < -0.4 is 0 Å². The van der Waals surface area contributed by atoms with Crippen molar-refractivity contribution in [3.8, 4) is 0 Å². The third-order valence-corrected chi connectivity index (χ3v) is 11.2. The van der Waals surface area contributed by atoms with Crippen molar-refractivity contribution in [2.24, 2.45) is 0 Å². The smallest absolute Gasteiger partial charge is 0.462 e. The van der Waals surface area contributed by atoms with Crippen LogP contribution in [0.4, 0.5) is 0 Å². The van der Waals surface area contributed by atoms with E-state index in [-0.39, 0.29) is 19.4 Å². The highest BCUT2D eigenvalue weighted by Gasteiger charge is 2.27. The predicted molar refractivity (Wildman–Crippen MR) is 242 cm³/mol. The summed E-state index contributed by atoms with van der Waals surface area (Å²) >= 11 is 0. The first-order chi connectivity index (χ1) is 28.7. The second kappa shape index (κ2) is 44.3. The van der Waals surface area contributed by atoms with Gasteiger partial charge in [0.05, 0.1) is 19.8 Å². The number of aliphatic hydroxyl groups is 2. The molecule has 0 amide bonds. The van der Waals surface area contributed by atoms with Crippen molar-refractivity contribution in [2.45, 2.75) is 232 Å². The molecule has 10 nitrogen and oxygen atoms in total. The number of carbonyl (C=O) groups is 2. The molecule has 0 saturated heterocycles. The van der Waals surface area contributed by atoms with Crippen LogP contribution in [-0.4, -0.2) is 65.7 Å². The third-order valence-electron chi connectivity index (χ3n) is 10.3. The largest absolute Gasteiger partial charge is 0.472 e. The van der Waals surface area contributed by atoms with Crippen LogP contribution in [0.2, 0.25) is 0 Å². The Balaban J connectivity index is 4.25. The molecule has 0 aromatic heterocycles. The number of aliphatic hydroxyl groups excluding tert-OH is 2. The van der Waals surface area contributed by atoms with E-state index in [4.69, 9.17) is 23.6 Å². The van der Waals surface area contributed by atoms with Gasteiger partial charge in [-0.3, -0.25) is 18.6 Å². The number of carbonyl (C=O) groups excluding carboxylic acids is 2. The Morgan fingerprint density at radius 1 is 0.508 bits per heavy atom. The summed E-state index contributed by atoms with van der Waals surface area (Å²) in [7, 11) is -4.62. The van der Waals surface area contributed by atoms with E-state index in [1.165, 1.54) is 116 Å². The molecule has 0 aliphatic rings. The lowest BCUT2D eigenvalue weighted by Gasteiger charge is -2.20. The van der Waals surface area contributed by atoms with Gasteiger partial charge in [0.2, 0.25) is 0 Å². The molecule has 3 N–H and O–H groups in total. The number of allylic oxidation sites excluding steroid dienone is 6. The number of unbranched alkanes of at least 4 members (excludes halogenated alkanes) is 25. The van der Waals surface area contributed by atoms with Crippen LogP contribution in [0.25, 0.3) is 0 Å². The van der Waals surface area contributed by atoms with Crippen molar-refractivity contribution in [3.05, 3.63) is 36.5 Å². The SMILES string of the molecule is CCCCCC/C=C\C/C=C\CCCCCCCCCC(=O)OC(COC(=O)CCCCCCCCC/C=C\CCCCCCCCC)COP(=O)(O)OCC(O)CO. The average molecular weight is 857 g/mol. The summed E-state index contributed by atoms with van der Waals surface area (Å²) < 4.78 is 32.8. The second-order valence-corrected chi connectivity index (χ2v) is 17.6. The molecule has 11 heteroatoms. The summed E-state index contributed by atoms with van der Waals surface area (Å²) in [6.07, 6.45) is 46.7. The van der Waals surface area contributed by atoms with Crippen LogP contribution in [0.3, 0.4) is 0 Å². The summed E-state index contributed by atoms with van der Waals surface area (Å²) in [6.45, 7) is 2.37.